The zero-order valence-corrected chi connectivity index (χ0v) is 39.2. The van der Waals surface area contributed by atoms with Crippen molar-refractivity contribution in [1.29, 1.82) is 0 Å². The highest BCUT2D eigenvalue weighted by Gasteiger charge is 2.65. The van der Waals surface area contributed by atoms with E-state index in [2.05, 4.69) is 10.1 Å². The highest BCUT2D eigenvalue weighted by Crippen LogP contribution is 2.54. The molecule has 0 aliphatic carbocycles. The van der Waals surface area contributed by atoms with Gasteiger partial charge < -0.3 is 49.1 Å². The number of carbonyl (C=O) groups excluding carboxylic acids is 2. The van der Waals surface area contributed by atoms with Crippen molar-refractivity contribution in [3.63, 3.8) is 0 Å². The number of alkyl halides is 6. The number of rotatable bonds is 14. The smallest absolute Gasteiger partial charge is 0.434 e. The maximum Gasteiger partial charge on any atom is 0.434 e. The minimum absolute atomic E-state index is 0.0136. The van der Waals surface area contributed by atoms with Gasteiger partial charge in [0.1, 0.15) is 11.8 Å². The molecule has 5 rings (SSSR count). The van der Waals surface area contributed by atoms with Crippen LogP contribution in [-0.2, 0) is 38.0 Å². The molecule has 5 aliphatic rings. The Balaban J connectivity index is 1.43. The number of carbonyl (C=O) groups is 3. The van der Waals surface area contributed by atoms with E-state index in [1.165, 1.54) is 12.2 Å². The summed E-state index contributed by atoms with van der Waals surface area (Å²) in [5.74, 6) is -8.57. The first kappa shape index (κ1) is 53.4. The van der Waals surface area contributed by atoms with Crippen LogP contribution in [0.3, 0.4) is 0 Å². The van der Waals surface area contributed by atoms with E-state index in [1.807, 2.05) is 34.6 Å². The molecule has 2 spiro atoms. The summed E-state index contributed by atoms with van der Waals surface area (Å²) in [6.45, 7) is 18.0. The van der Waals surface area contributed by atoms with Crippen LogP contribution in [0, 0.1) is 41.4 Å². The summed E-state index contributed by atoms with van der Waals surface area (Å²) in [7, 11) is 0. The van der Waals surface area contributed by atoms with Gasteiger partial charge in [-0.1, -0.05) is 61.5 Å². The van der Waals surface area contributed by atoms with Crippen molar-refractivity contribution in [3.8, 4) is 0 Å². The predicted octanol–water partition coefficient (Wildman–Crippen LogP) is 8.42. The molecule has 1 amide bonds. The van der Waals surface area contributed by atoms with Gasteiger partial charge in [-0.15, -0.1) is 0 Å². The number of ether oxygens (including phenoxy) is 6. The second kappa shape index (κ2) is 19.8. The number of Topliss-reactive ketones (excluding diaryl/α,β-unsaturated/α-hetero) is 1. The molecule has 5 aliphatic heterocycles. The molecule has 13 nitrogen and oxygen atoms in total. The molecule has 0 aromatic rings. The summed E-state index contributed by atoms with van der Waals surface area (Å²) >= 11 is 0. The van der Waals surface area contributed by atoms with Crippen LogP contribution in [0.4, 0.5) is 31.1 Å². The molecule has 0 aromatic carbocycles. The lowest BCUT2D eigenvalue weighted by Crippen LogP contribution is -2.66. The second-order valence-electron chi connectivity index (χ2n) is 20.0. The van der Waals surface area contributed by atoms with E-state index in [4.69, 9.17) is 23.7 Å². The normalized spacial score (nSPS) is 40.3. The van der Waals surface area contributed by atoms with Crippen LogP contribution in [-0.4, -0.2) is 117 Å². The van der Waals surface area contributed by atoms with Gasteiger partial charge in [0.25, 0.3) is 6.10 Å². The van der Waals surface area contributed by atoms with Crippen LogP contribution >= 0.6 is 0 Å². The molecule has 1 unspecified atom stereocenters. The minimum atomic E-state index is -5.96. The molecule has 374 valence electrons. The Kier molecular flexibility index (Phi) is 16.3. The van der Waals surface area contributed by atoms with E-state index in [-0.39, 0.29) is 30.5 Å². The van der Waals surface area contributed by atoms with Crippen molar-refractivity contribution >= 4 is 17.8 Å². The molecule has 4 N–H and O–H groups in total. The van der Waals surface area contributed by atoms with E-state index in [0.29, 0.717) is 51.4 Å². The molecule has 65 heavy (non-hydrogen) atoms. The number of hydrogen-bond acceptors (Lipinski definition) is 11. The second-order valence-corrected chi connectivity index (χ2v) is 20.0. The number of hydrogen-bond donors (Lipinski definition) is 4. The van der Waals surface area contributed by atoms with E-state index in [1.54, 1.807) is 34.6 Å². The highest BCUT2D eigenvalue weighted by molar-refractivity contribution is 5.84. The lowest BCUT2D eigenvalue weighted by atomic mass is 9.72. The van der Waals surface area contributed by atoms with Gasteiger partial charge in [-0.3, -0.25) is 9.59 Å². The van der Waals surface area contributed by atoms with Gasteiger partial charge in [-0.05, 0) is 89.5 Å². The molecule has 19 heteroatoms. The Bertz CT molecular complexity index is 1700. The molecule has 18 atom stereocenters. The number of alkyl carbamates (subject to hydrolysis) is 1. The lowest BCUT2D eigenvalue weighted by Gasteiger charge is -2.55. The molecular formula is C46H71F6NO12. The quantitative estimate of drug-likeness (QED) is 0.0967. The molecule has 4 saturated heterocycles. The molecule has 0 radical (unpaired) electrons. The third-order valence-corrected chi connectivity index (χ3v) is 15.6. The maximum absolute atomic E-state index is 14.6. The van der Waals surface area contributed by atoms with Crippen LogP contribution in [0.25, 0.3) is 0 Å². The number of nitrogens with one attached hydrogen (secondary N) is 1. The van der Waals surface area contributed by atoms with Crippen molar-refractivity contribution in [1.82, 2.24) is 5.32 Å². The summed E-state index contributed by atoms with van der Waals surface area (Å²) in [5, 5.41) is 34.9. The van der Waals surface area contributed by atoms with E-state index in [0.717, 1.165) is 0 Å². The summed E-state index contributed by atoms with van der Waals surface area (Å²) in [5.41, 5.74) is -2.31. The first-order chi connectivity index (χ1) is 30.0. The van der Waals surface area contributed by atoms with Crippen LogP contribution in [0.1, 0.15) is 133 Å². The van der Waals surface area contributed by atoms with Crippen molar-refractivity contribution < 1.29 is 84.5 Å². The minimum Gasteiger partial charge on any atom is -0.481 e. The zero-order valence-electron chi connectivity index (χ0n) is 39.2. The van der Waals surface area contributed by atoms with Gasteiger partial charge in [0.15, 0.2) is 11.6 Å². The molecule has 0 saturated carbocycles. The topological polar surface area (TPSA) is 179 Å². The number of amides is 1. The number of halogens is 6. The predicted molar refractivity (Wildman–Crippen MR) is 222 cm³/mol. The van der Waals surface area contributed by atoms with Crippen molar-refractivity contribution in [3.05, 3.63) is 12.2 Å². The Labute approximate surface area is 378 Å². The van der Waals surface area contributed by atoms with Gasteiger partial charge in [0.05, 0.1) is 53.7 Å². The fourth-order valence-electron chi connectivity index (χ4n) is 11.3. The third kappa shape index (κ3) is 10.9. The number of carboxylic acids is 1. The fourth-order valence-corrected chi connectivity index (χ4v) is 11.3. The number of ketones is 1. The number of aliphatic hydroxyl groups excluding tert-OH is 1. The maximum atomic E-state index is 14.6. The van der Waals surface area contributed by atoms with Gasteiger partial charge >= 0.3 is 24.4 Å². The van der Waals surface area contributed by atoms with Crippen LogP contribution in [0.15, 0.2) is 12.2 Å². The summed E-state index contributed by atoms with van der Waals surface area (Å²) in [6, 6.07) is -1.50. The number of carboxylic acid groups (broad SMARTS) is 1. The molecule has 5 heterocycles. The van der Waals surface area contributed by atoms with Crippen LogP contribution in [0.5, 0.6) is 0 Å². The first-order valence-corrected chi connectivity index (χ1v) is 23.4. The van der Waals surface area contributed by atoms with Crippen molar-refractivity contribution in [2.24, 2.45) is 41.4 Å². The first-order valence-electron chi connectivity index (χ1n) is 23.4. The Morgan fingerprint density at radius 2 is 1.49 bits per heavy atom. The van der Waals surface area contributed by atoms with E-state index < -0.39 is 126 Å². The highest BCUT2D eigenvalue weighted by atomic mass is 19.4. The summed E-state index contributed by atoms with van der Waals surface area (Å²) in [6.07, 6.45) is -16.3. The van der Waals surface area contributed by atoms with E-state index in [9.17, 15) is 56.0 Å². The average molecular weight is 944 g/mol. The molecule has 0 aromatic heterocycles. The summed E-state index contributed by atoms with van der Waals surface area (Å²) < 4.78 is 118. The number of aliphatic hydroxyl groups is 2. The zero-order chi connectivity index (χ0) is 48.8. The lowest BCUT2D eigenvalue weighted by molar-refractivity contribution is -0.398. The molecular weight excluding hydrogens is 872 g/mol. The third-order valence-electron chi connectivity index (χ3n) is 15.6. The van der Waals surface area contributed by atoms with E-state index >= 15 is 0 Å². The average Bonchev–Trinajstić information content (AvgIpc) is 3.56. The SMILES string of the molecule is CC[C@@H](C(=O)[C@@H](C)[C@@H](O)[C@H](C)[C@@H]1O[C@@H]([C@@H](CC)C(=O)O)CC[C@@H]1C)[C@H]1O[C@]2(C=CC(NC(=O)OC(C(F)(F)F)C(F)(F)F)[C@]3(CC[C@@](C)([C@H]4CC[C@](O)(CC)[C@H](C)O4)O3)O2)[C@H](C)C[C@@H]1C. The van der Waals surface area contributed by atoms with Gasteiger partial charge in [0.2, 0.25) is 0 Å². The summed E-state index contributed by atoms with van der Waals surface area (Å²) in [4.78, 5) is 39.6. The fraction of sp³-hybridized carbons (Fsp3) is 0.891. The monoisotopic (exact) mass is 943 g/mol. The van der Waals surface area contributed by atoms with Crippen molar-refractivity contribution in [2.45, 2.75) is 217 Å². The van der Waals surface area contributed by atoms with Gasteiger partial charge in [-0.2, -0.15) is 26.3 Å². The standard InChI is InChI=1S/C46H71F6NO12/c1-11-29(38(56)57)31-15-14-23(4)36(61-31)27(8)34(54)26(7)35(55)30(12-2)37-24(5)22-25(6)43(63-37)19-16-32(53-40(58)62-39(45(47,48)49)46(50,51)52)44(65-43)21-20-41(10,64-44)33-17-18-42(59,13-3)28(9)60-33/h16,19,23-34,36-37,39,54,59H,11-15,17-18,20-22H2,1-10H3,(H,53,58)(H,56,57)/t23-,24-,25+,26-,27-,28-,29+,30-,31+,32?,33+,34+,36+,37-,41-,42+,43-,44-/m0/s1. The Morgan fingerprint density at radius 1 is 0.862 bits per heavy atom. The van der Waals surface area contributed by atoms with Gasteiger partial charge in [0, 0.05) is 30.1 Å². The Morgan fingerprint density at radius 3 is 2.05 bits per heavy atom. The molecule has 4 fully saturated rings. The van der Waals surface area contributed by atoms with Crippen LogP contribution < -0.4 is 5.32 Å². The largest absolute Gasteiger partial charge is 0.481 e. The Hall–Kier alpha value is -2.55. The molecule has 0 bridgehead atoms. The van der Waals surface area contributed by atoms with Crippen molar-refractivity contribution in [2.75, 3.05) is 0 Å². The number of aliphatic carboxylic acids is 1. The van der Waals surface area contributed by atoms with Crippen LogP contribution in [0.2, 0.25) is 0 Å². The van der Waals surface area contributed by atoms with Gasteiger partial charge in [-0.25, -0.2) is 4.79 Å².